The number of nitrogens with zero attached hydrogens (tertiary/aromatic N) is 3. The van der Waals surface area contributed by atoms with Gasteiger partial charge < -0.3 is 15.2 Å². The number of rotatable bonds is 4. The number of aromatic nitrogens is 4. The molecule has 3 N–H and O–H groups in total. The first-order valence-corrected chi connectivity index (χ1v) is 7.26. The molecule has 0 saturated heterocycles. The standard InChI is InChI=1S/C14H14BrN5O/c1-8-2-3-10(11(15)4-8)13-19-14(21-20-13)12(16)5-9-6-17-7-18-9/h2-4,6-7,12H,5,16H2,1H3,(H,17,18). The molecule has 2 heterocycles. The summed E-state index contributed by atoms with van der Waals surface area (Å²) >= 11 is 3.51. The van der Waals surface area contributed by atoms with E-state index in [0.717, 1.165) is 21.3 Å². The van der Waals surface area contributed by atoms with Gasteiger partial charge in [0.05, 0.1) is 12.4 Å². The van der Waals surface area contributed by atoms with Gasteiger partial charge in [0, 0.05) is 28.3 Å². The van der Waals surface area contributed by atoms with E-state index in [1.54, 1.807) is 12.5 Å². The summed E-state index contributed by atoms with van der Waals surface area (Å²) in [5, 5.41) is 4.01. The van der Waals surface area contributed by atoms with Crippen LogP contribution in [0.5, 0.6) is 0 Å². The topological polar surface area (TPSA) is 93.6 Å². The van der Waals surface area contributed by atoms with E-state index in [4.69, 9.17) is 10.3 Å². The van der Waals surface area contributed by atoms with E-state index in [2.05, 4.69) is 36.0 Å². The lowest BCUT2D eigenvalue weighted by atomic mass is 10.1. The molecule has 0 saturated carbocycles. The van der Waals surface area contributed by atoms with Gasteiger partial charge in [-0.2, -0.15) is 4.98 Å². The average Bonchev–Trinajstić information content (AvgIpc) is 3.09. The third-order valence-corrected chi connectivity index (χ3v) is 3.78. The van der Waals surface area contributed by atoms with Crippen LogP contribution in [0.4, 0.5) is 0 Å². The highest BCUT2D eigenvalue weighted by atomic mass is 79.9. The van der Waals surface area contributed by atoms with Crippen molar-refractivity contribution in [1.29, 1.82) is 0 Å². The maximum atomic E-state index is 6.08. The lowest BCUT2D eigenvalue weighted by Gasteiger charge is -2.03. The van der Waals surface area contributed by atoms with Crippen LogP contribution in [-0.4, -0.2) is 20.1 Å². The fraction of sp³-hybridized carbons (Fsp3) is 0.214. The Kier molecular flexibility index (Phi) is 3.85. The first kappa shape index (κ1) is 14.0. The number of H-pyrrole nitrogens is 1. The van der Waals surface area contributed by atoms with E-state index in [1.807, 2.05) is 25.1 Å². The molecule has 1 unspecified atom stereocenters. The zero-order valence-electron chi connectivity index (χ0n) is 11.4. The maximum Gasteiger partial charge on any atom is 0.244 e. The quantitative estimate of drug-likeness (QED) is 0.756. The fourth-order valence-corrected chi connectivity index (χ4v) is 2.69. The maximum absolute atomic E-state index is 6.08. The van der Waals surface area contributed by atoms with Crippen LogP contribution in [0.15, 0.2) is 39.7 Å². The van der Waals surface area contributed by atoms with Crippen LogP contribution in [-0.2, 0) is 6.42 Å². The molecule has 2 aromatic heterocycles. The van der Waals surface area contributed by atoms with Crippen LogP contribution < -0.4 is 5.73 Å². The number of nitrogens with two attached hydrogens (primary N) is 1. The van der Waals surface area contributed by atoms with Crippen molar-refractivity contribution in [3.8, 4) is 11.4 Å². The van der Waals surface area contributed by atoms with E-state index < -0.39 is 0 Å². The van der Waals surface area contributed by atoms with Crippen molar-refractivity contribution in [2.45, 2.75) is 19.4 Å². The monoisotopic (exact) mass is 347 g/mol. The molecule has 0 aliphatic heterocycles. The molecular formula is C14H14BrN5O. The Morgan fingerprint density at radius 1 is 1.43 bits per heavy atom. The molecule has 3 rings (SSSR count). The second-order valence-corrected chi connectivity index (χ2v) is 5.68. The Balaban J connectivity index is 1.82. The number of hydrogen-bond donors (Lipinski definition) is 2. The normalized spacial score (nSPS) is 12.5. The van der Waals surface area contributed by atoms with Gasteiger partial charge >= 0.3 is 0 Å². The average molecular weight is 348 g/mol. The van der Waals surface area contributed by atoms with Gasteiger partial charge in [0.25, 0.3) is 0 Å². The van der Waals surface area contributed by atoms with Gasteiger partial charge in [0.2, 0.25) is 11.7 Å². The second-order valence-electron chi connectivity index (χ2n) is 4.83. The largest absolute Gasteiger partial charge is 0.348 e. The molecule has 108 valence electrons. The first-order chi connectivity index (χ1) is 10.1. The Bertz CT molecular complexity index is 738. The summed E-state index contributed by atoms with van der Waals surface area (Å²) < 4.78 is 6.20. The minimum absolute atomic E-state index is 0.365. The summed E-state index contributed by atoms with van der Waals surface area (Å²) in [5.41, 5.74) is 9.05. The third kappa shape index (κ3) is 3.03. The number of benzene rings is 1. The fourth-order valence-electron chi connectivity index (χ4n) is 2.02. The molecule has 0 aliphatic carbocycles. The van der Waals surface area contributed by atoms with Gasteiger partial charge in [-0.15, -0.1) is 0 Å². The van der Waals surface area contributed by atoms with Gasteiger partial charge in [-0.1, -0.05) is 27.2 Å². The molecule has 1 aromatic carbocycles. The van der Waals surface area contributed by atoms with Crippen molar-refractivity contribution < 1.29 is 4.52 Å². The van der Waals surface area contributed by atoms with Gasteiger partial charge in [0.15, 0.2) is 0 Å². The molecule has 0 amide bonds. The van der Waals surface area contributed by atoms with Gasteiger partial charge in [0.1, 0.15) is 0 Å². The molecular weight excluding hydrogens is 334 g/mol. The van der Waals surface area contributed by atoms with Gasteiger partial charge in [-0.25, -0.2) is 4.98 Å². The highest BCUT2D eigenvalue weighted by Crippen LogP contribution is 2.27. The summed E-state index contributed by atoms with van der Waals surface area (Å²) in [4.78, 5) is 11.3. The van der Waals surface area contributed by atoms with Crippen LogP contribution in [0.2, 0.25) is 0 Å². The van der Waals surface area contributed by atoms with Gasteiger partial charge in [-0.05, 0) is 24.6 Å². The summed E-state index contributed by atoms with van der Waals surface area (Å²) in [5.74, 6) is 0.934. The van der Waals surface area contributed by atoms with Crippen molar-refractivity contribution in [2.75, 3.05) is 0 Å². The zero-order valence-corrected chi connectivity index (χ0v) is 13.0. The van der Waals surface area contributed by atoms with E-state index in [1.165, 1.54) is 0 Å². The molecule has 1 atom stereocenters. The van der Waals surface area contributed by atoms with Crippen molar-refractivity contribution in [3.05, 3.63) is 52.3 Å². The number of imidazole rings is 1. The van der Waals surface area contributed by atoms with Crippen LogP contribution in [0.1, 0.15) is 23.2 Å². The van der Waals surface area contributed by atoms with Crippen LogP contribution >= 0.6 is 15.9 Å². The number of halogens is 1. The number of aromatic amines is 1. The van der Waals surface area contributed by atoms with Crippen molar-refractivity contribution in [1.82, 2.24) is 20.1 Å². The number of nitrogens with one attached hydrogen (secondary N) is 1. The summed E-state index contributed by atoms with van der Waals surface area (Å²) in [7, 11) is 0. The molecule has 0 bridgehead atoms. The van der Waals surface area contributed by atoms with Gasteiger partial charge in [-0.3, -0.25) is 0 Å². The molecule has 7 heteroatoms. The van der Waals surface area contributed by atoms with E-state index >= 15 is 0 Å². The zero-order chi connectivity index (χ0) is 14.8. The molecule has 0 fully saturated rings. The van der Waals surface area contributed by atoms with Crippen LogP contribution in [0.25, 0.3) is 11.4 Å². The molecule has 3 aromatic rings. The predicted molar refractivity (Wildman–Crippen MR) is 81.4 cm³/mol. The number of aryl methyl sites for hydroxylation is 1. The lowest BCUT2D eigenvalue weighted by Crippen LogP contribution is -2.14. The smallest absolute Gasteiger partial charge is 0.244 e. The molecule has 0 spiro atoms. The highest BCUT2D eigenvalue weighted by molar-refractivity contribution is 9.10. The Hall–Kier alpha value is -1.99. The SMILES string of the molecule is Cc1ccc(-c2noc(C(N)Cc3cnc[nH]3)n2)c(Br)c1. The lowest BCUT2D eigenvalue weighted by molar-refractivity contribution is 0.354. The number of hydrogen-bond acceptors (Lipinski definition) is 5. The minimum atomic E-state index is -0.365. The predicted octanol–water partition coefficient (Wildman–Crippen LogP) is 2.77. The first-order valence-electron chi connectivity index (χ1n) is 6.46. The molecule has 0 aliphatic rings. The molecule has 6 nitrogen and oxygen atoms in total. The summed E-state index contributed by atoms with van der Waals surface area (Å²) in [6.45, 7) is 2.02. The second kappa shape index (κ2) is 5.79. The molecule has 0 radical (unpaired) electrons. The van der Waals surface area contributed by atoms with Crippen molar-refractivity contribution >= 4 is 15.9 Å². The Morgan fingerprint density at radius 3 is 3.00 bits per heavy atom. The van der Waals surface area contributed by atoms with Crippen LogP contribution in [0, 0.1) is 6.92 Å². The van der Waals surface area contributed by atoms with Crippen LogP contribution in [0.3, 0.4) is 0 Å². The third-order valence-electron chi connectivity index (χ3n) is 3.12. The Morgan fingerprint density at radius 2 is 2.29 bits per heavy atom. The van der Waals surface area contributed by atoms with Crippen molar-refractivity contribution in [2.24, 2.45) is 5.73 Å². The van der Waals surface area contributed by atoms with E-state index in [-0.39, 0.29) is 6.04 Å². The Labute approximate surface area is 129 Å². The highest BCUT2D eigenvalue weighted by Gasteiger charge is 2.18. The minimum Gasteiger partial charge on any atom is -0.348 e. The molecule has 21 heavy (non-hydrogen) atoms. The van der Waals surface area contributed by atoms with E-state index in [0.29, 0.717) is 18.1 Å². The van der Waals surface area contributed by atoms with Crippen molar-refractivity contribution in [3.63, 3.8) is 0 Å². The summed E-state index contributed by atoms with van der Waals surface area (Å²) in [6.07, 6.45) is 3.91. The van der Waals surface area contributed by atoms with E-state index in [9.17, 15) is 0 Å². The summed E-state index contributed by atoms with van der Waals surface area (Å²) in [6, 6.07) is 5.60.